The molecule has 2 unspecified atom stereocenters. The van der Waals surface area contributed by atoms with E-state index in [-0.39, 0.29) is 18.1 Å². The highest BCUT2D eigenvalue weighted by atomic mass is 16.5. The maximum absolute atomic E-state index is 12.7. The molecule has 22 heavy (non-hydrogen) atoms. The second kappa shape index (κ2) is 5.92. The fourth-order valence-electron chi connectivity index (χ4n) is 3.32. The van der Waals surface area contributed by atoms with Crippen LogP contribution in [0.25, 0.3) is 0 Å². The second-order valence-electron chi connectivity index (χ2n) is 6.72. The summed E-state index contributed by atoms with van der Waals surface area (Å²) in [4.78, 5) is 14.6. The number of amides is 1. The molecule has 1 saturated heterocycles. The highest BCUT2D eigenvalue weighted by molar-refractivity contribution is 5.82. The van der Waals surface area contributed by atoms with Gasteiger partial charge in [0, 0.05) is 19.7 Å². The monoisotopic (exact) mass is 301 g/mol. The number of benzene rings is 1. The largest absolute Gasteiger partial charge is 0.480 e. The van der Waals surface area contributed by atoms with Gasteiger partial charge >= 0.3 is 0 Å². The van der Waals surface area contributed by atoms with Crippen LogP contribution in [0.3, 0.4) is 0 Å². The number of fused-ring (bicyclic) bond motifs is 1. The SMILES string of the molecule is O=C(C1CCc2ccccc2O1)N1CCC(OCC2CC2)C1. The average molecular weight is 301 g/mol. The molecule has 2 fully saturated rings. The molecular formula is C18H23NO3. The van der Waals surface area contributed by atoms with Crippen LogP contribution in [-0.4, -0.2) is 42.7 Å². The van der Waals surface area contributed by atoms with E-state index in [2.05, 4.69) is 6.07 Å². The van der Waals surface area contributed by atoms with E-state index in [9.17, 15) is 4.79 Å². The Morgan fingerprint density at radius 2 is 2.09 bits per heavy atom. The maximum Gasteiger partial charge on any atom is 0.263 e. The molecule has 4 heteroatoms. The minimum absolute atomic E-state index is 0.132. The number of nitrogens with zero attached hydrogens (tertiary/aromatic N) is 1. The number of likely N-dealkylation sites (tertiary alicyclic amines) is 1. The van der Waals surface area contributed by atoms with Gasteiger partial charge in [-0.1, -0.05) is 18.2 Å². The third-order valence-electron chi connectivity index (χ3n) is 4.91. The van der Waals surface area contributed by atoms with Gasteiger partial charge in [0.2, 0.25) is 0 Å². The second-order valence-corrected chi connectivity index (χ2v) is 6.72. The fourth-order valence-corrected chi connectivity index (χ4v) is 3.32. The summed E-state index contributed by atoms with van der Waals surface area (Å²) in [7, 11) is 0. The van der Waals surface area contributed by atoms with Gasteiger partial charge in [-0.25, -0.2) is 0 Å². The van der Waals surface area contributed by atoms with Crippen LogP contribution in [0.4, 0.5) is 0 Å². The third-order valence-corrected chi connectivity index (χ3v) is 4.91. The lowest BCUT2D eigenvalue weighted by Crippen LogP contribution is -2.42. The predicted molar refractivity (Wildman–Crippen MR) is 82.8 cm³/mol. The molecule has 4 nitrogen and oxygen atoms in total. The number of ether oxygens (including phenoxy) is 2. The zero-order valence-corrected chi connectivity index (χ0v) is 12.9. The Labute approximate surface area is 131 Å². The highest BCUT2D eigenvalue weighted by Crippen LogP contribution is 2.31. The van der Waals surface area contributed by atoms with Crippen LogP contribution in [0.5, 0.6) is 5.75 Å². The molecule has 4 rings (SSSR count). The van der Waals surface area contributed by atoms with Gasteiger partial charge in [-0.05, 0) is 49.7 Å². The quantitative estimate of drug-likeness (QED) is 0.857. The number of carbonyl (C=O) groups excluding carboxylic acids is 1. The molecule has 3 aliphatic rings. The molecule has 2 atom stereocenters. The van der Waals surface area contributed by atoms with Crippen molar-refractivity contribution in [3.8, 4) is 5.75 Å². The zero-order chi connectivity index (χ0) is 14.9. The molecule has 1 aromatic rings. The Bertz CT molecular complexity index is 555. The first-order valence-corrected chi connectivity index (χ1v) is 8.44. The topological polar surface area (TPSA) is 38.8 Å². The van der Waals surface area contributed by atoms with Crippen molar-refractivity contribution < 1.29 is 14.3 Å². The lowest BCUT2D eigenvalue weighted by molar-refractivity contribution is -0.138. The molecule has 0 radical (unpaired) electrons. The van der Waals surface area contributed by atoms with Crippen LogP contribution in [0.15, 0.2) is 24.3 Å². The van der Waals surface area contributed by atoms with E-state index in [1.807, 2.05) is 23.1 Å². The first kappa shape index (κ1) is 14.1. The van der Waals surface area contributed by atoms with Crippen LogP contribution in [-0.2, 0) is 16.0 Å². The van der Waals surface area contributed by atoms with Gasteiger partial charge in [-0.15, -0.1) is 0 Å². The Morgan fingerprint density at radius 1 is 1.23 bits per heavy atom. The Hall–Kier alpha value is -1.55. The van der Waals surface area contributed by atoms with Crippen molar-refractivity contribution >= 4 is 5.91 Å². The van der Waals surface area contributed by atoms with Crippen LogP contribution in [0.2, 0.25) is 0 Å². The van der Waals surface area contributed by atoms with Gasteiger partial charge in [0.05, 0.1) is 6.10 Å². The van der Waals surface area contributed by atoms with Crippen LogP contribution >= 0.6 is 0 Å². The average Bonchev–Trinajstić information content (AvgIpc) is 3.28. The van der Waals surface area contributed by atoms with Crippen molar-refractivity contribution in [1.82, 2.24) is 4.90 Å². The van der Waals surface area contributed by atoms with Crippen LogP contribution in [0, 0.1) is 5.92 Å². The molecule has 1 aromatic carbocycles. The first-order valence-electron chi connectivity index (χ1n) is 8.44. The molecule has 0 aromatic heterocycles. The predicted octanol–water partition coefficient (Wildman–Crippen LogP) is 2.41. The van der Waals surface area contributed by atoms with Gasteiger partial charge < -0.3 is 14.4 Å². The number of para-hydroxylation sites is 1. The van der Waals surface area contributed by atoms with E-state index < -0.39 is 0 Å². The smallest absolute Gasteiger partial charge is 0.263 e. The van der Waals surface area contributed by atoms with E-state index in [1.54, 1.807) is 0 Å². The maximum atomic E-state index is 12.7. The number of carbonyl (C=O) groups is 1. The summed E-state index contributed by atoms with van der Waals surface area (Å²) in [5, 5.41) is 0. The number of rotatable bonds is 4. The molecular weight excluding hydrogens is 278 g/mol. The van der Waals surface area contributed by atoms with Crippen molar-refractivity contribution in [1.29, 1.82) is 0 Å². The molecule has 2 heterocycles. The van der Waals surface area contributed by atoms with Crippen molar-refractivity contribution in [2.75, 3.05) is 19.7 Å². The minimum Gasteiger partial charge on any atom is -0.480 e. The highest BCUT2D eigenvalue weighted by Gasteiger charge is 2.35. The Balaban J connectivity index is 1.32. The standard InChI is InChI=1S/C18H23NO3/c20-18(17-8-7-14-3-1-2-4-16(14)22-17)19-10-9-15(11-19)21-12-13-5-6-13/h1-4,13,15,17H,5-12H2. The summed E-state index contributed by atoms with van der Waals surface area (Å²) in [5.74, 6) is 1.78. The van der Waals surface area contributed by atoms with Crippen molar-refractivity contribution in [3.05, 3.63) is 29.8 Å². The molecule has 2 aliphatic heterocycles. The van der Waals surface area contributed by atoms with E-state index >= 15 is 0 Å². The summed E-state index contributed by atoms with van der Waals surface area (Å²) >= 11 is 0. The number of hydrogen-bond acceptors (Lipinski definition) is 3. The lowest BCUT2D eigenvalue weighted by Gasteiger charge is -2.28. The van der Waals surface area contributed by atoms with E-state index in [4.69, 9.17) is 9.47 Å². The van der Waals surface area contributed by atoms with Gasteiger partial charge in [0.15, 0.2) is 6.10 Å². The molecule has 0 bridgehead atoms. The minimum atomic E-state index is -0.322. The van der Waals surface area contributed by atoms with Crippen molar-refractivity contribution in [2.45, 2.75) is 44.3 Å². The molecule has 1 amide bonds. The van der Waals surface area contributed by atoms with Crippen molar-refractivity contribution in [3.63, 3.8) is 0 Å². The van der Waals surface area contributed by atoms with E-state index in [0.29, 0.717) is 0 Å². The van der Waals surface area contributed by atoms with Gasteiger partial charge in [-0.2, -0.15) is 0 Å². The van der Waals surface area contributed by atoms with E-state index in [1.165, 1.54) is 18.4 Å². The van der Waals surface area contributed by atoms with Crippen LogP contribution < -0.4 is 4.74 Å². The summed E-state index contributed by atoms with van der Waals surface area (Å²) in [6.45, 7) is 2.41. The van der Waals surface area contributed by atoms with E-state index in [0.717, 1.165) is 50.6 Å². The molecule has 1 saturated carbocycles. The Kier molecular flexibility index (Phi) is 3.78. The van der Waals surface area contributed by atoms with Crippen molar-refractivity contribution in [2.24, 2.45) is 5.92 Å². The number of aryl methyl sites for hydroxylation is 1. The van der Waals surface area contributed by atoms with Crippen LogP contribution in [0.1, 0.15) is 31.2 Å². The molecule has 0 spiro atoms. The first-order chi connectivity index (χ1) is 10.8. The van der Waals surface area contributed by atoms with Gasteiger partial charge in [-0.3, -0.25) is 4.79 Å². The summed E-state index contributed by atoms with van der Waals surface area (Å²) < 4.78 is 11.8. The molecule has 0 N–H and O–H groups in total. The zero-order valence-electron chi connectivity index (χ0n) is 12.9. The third kappa shape index (κ3) is 2.98. The number of hydrogen-bond donors (Lipinski definition) is 0. The van der Waals surface area contributed by atoms with Gasteiger partial charge in [0.25, 0.3) is 5.91 Å². The Morgan fingerprint density at radius 3 is 2.95 bits per heavy atom. The molecule has 1 aliphatic carbocycles. The lowest BCUT2D eigenvalue weighted by atomic mass is 10.0. The molecule has 118 valence electrons. The summed E-state index contributed by atoms with van der Waals surface area (Å²) in [5.41, 5.74) is 1.21. The summed E-state index contributed by atoms with van der Waals surface area (Å²) in [6.07, 6.45) is 5.18. The normalized spacial score (nSPS) is 27.4. The summed E-state index contributed by atoms with van der Waals surface area (Å²) in [6, 6.07) is 8.02. The fraction of sp³-hybridized carbons (Fsp3) is 0.611. The van der Waals surface area contributed by atoms with Gasteiger partial charge in [0.1, 0.15) is 5.75 Å².